The van der Waals surface area contributed by atoms with Crippen molar-refractivity contribution in [1.29, 1.82) is 0 Å². The van der Waals surface area contributed by atoms with E-state index in [1.165, 1.54) is 0 Å². The third-order valence-electron chi connectivity index (χ3n) is 2.52. The number of carbonyl (C=O) groups excluding carboxylic acids is 1. The minimum absolute atomic E-state index is 0.190. The molecule has 0 spiro atoms. The third-order valence-corrected chi connectivity index (χ3v) is 3.65. The summed E-state index contributed by atoms with van der Waals surface area (Å²) in [6.07, 6.45) is 0. The van der Waals surface area contributed by atoms with Gasteiger partial charge >= 0.3 is 4.87 Å². The van der Waals surface area contributed by atoms with Crippen LogP contribution >= 0.6 is 22.9 Å². The summed E-state index contributed by atoms with van der Waals surface area (Å²) in [4.78, 5) is 28.8. The van der Waals surface area contributed by atoms with Gasteiger partial charge in [-0.1, -0.05) is 22.9 Å². The highest BCUT2D eigenvalue weighted by Gasteiger charge is 2.23. The van der Waals surface area contributed by atoms with Gasteiger partial charge in [0.1, 0.15) is 4.88 Å². The van der Waals surface area contributed by atoms with Crippen molar-refractivity contribution in [2.24, 2.45) is 4.99 Å². The predicted molar refractivity (Wildman–Crippen MR) is 66.4 cm³/mol. The summed E-state index contributed by atoms with van der Waals surface area (Å²) in [5.41, 5.74) is 0.202. The largest absolute Gasteiger partial charge is 0.493 e. The van der Waals surface area contributed by atoms with E-state index in [9.17, 15) is 14.7 Å². The molecular formula is C11H5ClN2O3S. The number of hydrogen-bond acceptors (Lipinski definition) is 4. The average molecular weight is 281 g/mol. The maximum atomic E-state index is 11.8. The Morgan fingerprint density at radius 3 is 2.78 bits per heavy atom. The molecule has 0 fully saturated rings. The predicted octanol–water partition coefficient (Wildman–Crippen LogP) is 0.154. The quantitative estimate of drug-likeness (QED) is 0.780. The zero-order valence-corrected chi connectivity index (χ0v) is 10.3. The summed E-state index contributed by atoms with van der Waals surface area (Å²) in [7, 11) is 0. The first-order valence-electron chi connectivity index (χ1n) is 4.91. The van der Waals surface area contributed by atoms with Crippen LogP contribution in [0.4, 0.5) is 0 Å². The van der Waals surface area contributed by atoms with Crippen LogP contribution < -0.4 is 15.4 Å². The molecule has 1 aromatic carbocycles. The highest BCUT2D eigenvalue weighted by molar-refractivity contribution is 7.11. The third kappa shape index (κ3) is 1.58. The minimum atomic E-state index is -0.488. The summed E-state index contributed by atoms with van der Waals surface area (Å²) >= 11 is 6.64. The van der Waals surface area contributed by atoms with Crippen LogP contribution in [0.25, 0.3) is 5.57 Å². The molecular weight excluding hydrogens is 276 g/mol. The van der Waals surface area contributed by atoms with Gasteiger partial charge in [-0.15, -0.1) is 0 Å². The topological polar surface area (TPSA) is 82.5 Å². The fourth-order valence-corrected chi connectivity index (χ4v) is 2.75. The fourth-order valence-electron chi connectivity index (χ4n) is 1.80. The van der Waals surface area contributed by atoms with E-state index in [1.807, 2.05) is 0 Å². The van der Waals surface area contributed by atoms with Crippen molar-refractivity contribution in [2.75, 3.05) is 0 Å². The molecule has 0 atom stereocenters. The summed E-state index contributed by atoms with van der Waals surface area (Å²) in [5.74, 6) is -0.811. The van der Waals surface area contributed by atoms with Crippen LogP contribution in [0, 0.1) is 0 Å². The first-order valence-corrected chi connectivity index (χ1v) is 6.11. The summed E-state index contributed by atoms with van der Waals surface area (Å²) in [6, 6.07) is 4.83. The minimum Gasteiger partial charge on any atom is -0.493 e. The molecule has 0 bridgehead atoms. The van der Waals surface area contributed by atoms with Crippen molar-refractivity contribution < 1.29 is 9.90 Å². The number of hydrogen-bond donors (Lipinski definition) is 2. The lowest BCUT2D eigenvalue weighted by molar-refractivity contribution is -0.112. The number of H-pyrrole nitrogens is 1. The Bertz CT molecular complexity index is 850. The number of nitrogens with zero attached hydrogens (tertiary/aromatic N) is 1. The Morgan fingerprint density at radius 1 is 1.33 bits per heavy atom. The molecule has 1 amide bonds. The highest BCUT2D eigenvalue weighted by Crippen LogP contribution is 2.25. The second kappa shape index (κ2) is 3.79. The number of halogens is 1. The number of nitrogens with one attached hydrogen (secondary N) is 1. The van der Waals surface area contributed by atoms with E-state index in [2.05, 4.69) is 9.98 Å². The Labute approximate surface area is 109 Å². The molecule has 0 saturated heterocycles. The molecule has 1 aromatic heterocycles. The molecule has 18 heavy (non-hydrogen) atoms. The van der Waals surface area contributed by atoms with E-state index in [0.717, 1.165) is 11.3 Å². The maximum absolute atomic E-state index is 11.8. The molecule has 7 heteroatoms. The van der Waals surface area contributed by atoms with Crippen LogP contribution in [0.2, 0.25) is 5.02 Å². The zero-order valence-electron chi connectivity index (χ0n) is 8.73. The molecule has 2 N–H and O–H groups in total. The molecule has 1 aliphatic heterocycles. The second-order valence-electron chi connectivity index (χ2n) is 3.65. The van der Waals surface area contributed by atoms with Crippen LogP contribution in [0.15, 0.2) is 28.0 Å². The van der Waals surface area contributed by atoms with Crippen molar-refractivity contribution in [1.82, 2.24) is 4.98 Å². The van der Waals surface area contributed by atoms with Gasteiger partial charge < -0.3 is 5.11 Å². The first kappa shape index (κ1) is 11.2. The van der Waals surface area contributed by atoms with E-state index in [0.29, 0.717) is 15.6 Å². The number of benzene rings is 1. The average Bonchev–Trinajstić information content (AvgIpc) is 2.77. The van der Waals surface area contributed by atoms with Crippen LogP contribution in [0.1, 0.15) is 4.88 Å². The van der Waals surface area contributed by atoms with Gasteiger partial charge in [0.05, 0.1) is 10.9 Å². The lowest BCUT2D eigenvalue weighted by Gasteiger charge is -1.95. The summed E-state index contributed by atoms with van der Waals surface area (Å²) in [6.45, 7) is 0. The van der Waals surface area contributed by atoms with Gasteiger partial charge in [0.2, 0.25) is 5.88 Å². The second-order valence-corrected chi connectivity index (χ2v) is 5.07. The molecule has 0 aliphatic carbocycles. The molecule has 3 rings (SSSR count). The monoisotopic (exact) mass is 280 g/mol. The molecule has 90 valence electrons. The lowest BCUT2D eigenvalue weighted by Crippen LogP contribution is -2.22. The van der Waals surface area contributed by atoms with Crippen molar-refractivity contribution in [3.05, 3.63) is 48.3 Å². The van der Waals surface area contributed by atoms with Crippen molar-refractivity contribution in [3.63, 3.8) is 0 Å². The summed E-state index contributed by atoms with van der Waals surface area (Å²) in [5, 5.41) is 11.1. The number of aromatic nitrogens is 1. The molecule has 0 saturated carbocycles. The Hall–Kier alpha value is -1.92. The van der Waals surface area contributed by atoms with Crippen LogP contribution in [0.3, 0.4) is 0 Å². The van der Waals surface area contributed by atoms with Crippen molar-refractivity contribution >= 4 is 34.4 Å². The van der Waals surface area contributed by atoms with E-state index >= 15 is 0 Å². The molecule has 2 aromatic rings. The number of aromatic hydroxyl groups is 1. The van der Waals surface area contributed by atoms with Gasteiger partial charge in [-0.05, 0) is 18.2 Å². The Kier molecular flexibility index (Phi) is 2.36. The van der Waals surface area contributed by atoms with Gasteiger partial charge in [-0.25, -0.2) is 4.99 Å². The standard InChI is InChI=1S/C11H5ClN2O3S/c12-4-1-2-6-5(3-4)7(9(15)13-6)8-10(16)14-11(17)18-8/h1-3,16H,(H,14,17). The molecule has 1 aliphatic rings. The Balaban J connectivity index is 2.45. The van der Waals surface area contributed by atoms with Crippen LogP contribution in [-0.2, 0) is 4.79 Å². The number of rotatable bonds is 1. The zero-order chi connectivity index (χ0) is 12.9. The number of carbonyl (C=O) groups is 1. The Morgan fingerprint density at radius 2 is 2.11 bits per heavy atom. The van der Waals surface area contributed by atoms with E-state index < -0.39 is 10.8 Å². The normalized spacial score (nSPS) is 13.6. The van der Waals surface area contributed by atoms with Gasteiger partial charge in [0, 0.05) is 10.2 Å². The van der Waals surface area contributed by atoms with E-state index in [-0.39, 0.29) is 16.3 Å². The van der Waals surface area contributed by atoms with Crippen molar-refractivity contribution in [3.8, 4) is 5.88 Å². The molecule has 2 heterocycles. The van der Waals surface area contributed by atoms with Gasteiger partial charge in [-0.2, -0.15) is 0 Å². The lowest BCUT2D eigenvalue weighted by atomic mass is 10.1. The smallest absolute Gasteiger partial charge is 0.307 e. The molecule has 0 unspecified atom stereocenters. The van der Waals surface area contributed by atoms with Crippen LogP contribution in [0.5, 0.6) is 5.88 Å². The fraction of sp³-hybridized carbons (Fsp3) is 0. The van der Waals surface area contributed by atoms with Gasteiger partial charge in [0.25, 0.3) is 5.91 Å². The van der Waals surface area contributed by atoms with Crippen molar-refractivity contribution in [2.45, 2.75) is 0 Å². The van der Waals surface area contributed by atoms with E-state index in [1.54, 1.807) is 18.2 Å². The van der Waals surface area contributed by atoms with E-state index in [4.69, 9.17) is 11.6 Å². The molecule has 0 radical (unpaired) electrons. The van der Waals surface area contributed by atoms with Crippen LogP contribution in [-0.4, -0.2) is 16.0 Å². The highest BCUT2D eigenvalue weighted by atomic mass is 35.5. The SMILES string of the molecule is O=C1N=c2ccc(Cl)cc2=C1c1sc(=O)[nH]c1O. The number of aromatic amines is 1. The van der Waals surface area contributed by atoms with Gasteiger partial charge in [0.15, 0.2) is 0 Å². The molecule has 5 nitrogen and oxygen atoms in total. The number of amides is 1. The first-order chi connectivity index (χ1) is 8.56. The summed E-state index contributed by atoms with van der Waals surface area (Å²) < 4.78 is 0. The van der Waals surface area contributed by atoms with Gasteiger partial charge in [-0.3, -0.25) is 14.6 Å². The number of thiazole rings is 1. The number of fused-ring (bicyclic) bond motifs is 1. The maximum Gasteiger partial charge on any atom is 0.307 e.